The van der Waals surface area contributed by atoms with Crippen molar-refractivity contribution in [2.75, 3.05) is 26.7 Å². The Morgan fingerprint density at radius 2 is 1.93 bits per heavy atom. The van der Waals surface area contributed by atoms with E-state index in [9.17, 15) is 9.59 Å². The standard InChI is InChI=1S/C21H33N3O3/c1-4-27-20-10-6-5-8-17(20)9-7-13-22-21(26)14-18-11-12-19(24(18)3)15-23-16(2)25/h5-6,8,10,18-19H,4,7,9,11-15H2,1-3H3,(H,22,26)(H,23,25)/t18-,19+/m0/s1. The number of ether oxygens (including phenoxy) is 1. The number of hydrogen-bond acceptors (Lipinski definition) is 4. The Morgan fingerprint density at radius 1 is 1.19 bits per heavy atom. The number of carbonyl (C=O) groups is 2. The Balaban J connectivity index is 1.67. The summed E-state index contributed by atoms with van der Waals surface area (Å²) in [4.78, 5) is 25.6. The summed E-state index contributed by atoms with van der Waals surface area (Å²) in [6.45, 7) is 5.50. The molecular weight excluding hydrogens is 342 g/mol. The van der Waals surface area contributed by atoms with Crippen molar-refractivity contribution in [3.05, 3.63) is 29.8 Å². The first-order chi connectivity index (χ1) is 13.0. The van der Waals surface area contributed by atoms with Crippen LogP contribution in [0.15, 0.2) is 24.3 Å². The largest absolute Gasteiger partial charge is 0.494 e. The first-order valence-electron chi connectivity index (χ1n) is 9.95. The number of rotatable bonds is 10. The van der Waals surface area contributed by atoms with Gasteiger partial charge >= 0.3 is 0 Å². The van der Waals surface area contributed by atoms with Crippen molar-refractivity contribution in [2.24, 2.45) is 0 Å². The van der Waals surface area contributed by atoms with Crippen molar-refractivity contribution >= 4 is 11.8 Å². The van der Waals surface area contributed by atoms with Crippen LogP contribution in [0.1, 0.15) is 45.1 Å². The fourth-order valence-electron chi connectivity index (χ4n) is 3.64. The van der Waals surface area contributed by atoms with E-state index in [1.165, 1.54) is 12.5 Å². The minimum Gasteiger partial charge on any atom is -0.494 e. The van der Waals surface area contributed by atoms with Gasteiger partial charge in [0.15, 0.2) is 0 Å². The number of aryl methyl sites for hydroxylation is 1. The zero-order valence-electron chi connectivity index (χ0n) is 16.8. The molecule has 2 N–H and O–H groups in total. The molecule has 0 radical (unpaired) electrons. The number of hydrogen-bond donors (Lipinski definition) is 2. The molecule has 1 aliphatic heterocycles. The third kappa shape index (κ3) is 6.86. The summed E-state index contributed by atoms with van der Waals surface area (Å²) in [6.07, 6.45) is 4.31. The van der Waals surface area contributed by atoms with Crippen LogP contribution < -0.4 is 15.4 Å². The normalized spacial score (nSPS) is 19.7. The smallest absolute Gasteiger partial charge is 0.221 e. The van der Waals surface area contributed by atoms with Gasteiger partial charge in [-0.25, -0.2) is 0 Å². The highest BCUT2D eigenvalue weighted by Crippen LogP contribution is 2.24. The van der Waals surface area contributed by atoms with Gasteiger partial charge in [-0.3, -0.25) is 14.5 Å². The lowest BCUT2D eigenvalue weighted by Crippen LogP contribution is -2.42. The van der Waals surface area contributed by atoms with Crippen molar-refractivity contribution in [3.8, 4) is 5.75 Å². The van der Waals surface area contributed by atoms with Crippen LogP contribution >= 0.6 is 0 Å². The lowest BCUT2D eigenvalue weighted by Gasteiger charge is -2.25. The van der Waals surface area contributed by atoms with E-state index in [1.807, 2.05) is 32.2 Å². The molecule has 2 rings (SSSR count). The Kier molecular flexibility index (Phi) is 8.58. The molecule has 0 bridgehead atoms. The number of nitrogens with one attached hydrogen (secondary N) is 2. The maximum absolute atomic E-state index is 12.3. The quantitative estimate of drug-likeness (QED) is 0.615. The summed E-state index contributed by atoms with van der Waals surface area (Å²) in [5.41, 5.74) is 1.19. The average Bonchev–Trinajstić information content (AvgIpc) is 2.98. The van der Waals surface area contributed by atoms with Crippen LogP contribution in [0.5, 0.6) is 5.75 Å². The van der Waals surface area contributed by atoms with Gasteiger partial charge in [0.1, 0.15) is 5.75 Å². The van der Waals surface area contributed by atoms with E-state index in [0.29, 0.717) is 32.2 Å². The third-order valence-electron chi connectivity index (χ3n) is 5.21. The molecule has 27 heavy (non-hydrogen) atoms. The predicted molar refractivity (Wildman–Crippen MR) is 107 cm³/mol. The second-order valence-electron chi connectivity index (χ2n) is 7.19. The molecular formula is C21H33N3O3. The van der Waals surface area contributed by atoms with E-state index in [1.54, 1.807) is 0 Å². The van der Waals surface area contributed by atoms with Crippen LogP contribution in [0.3, 0.4) is 0 Å². The highest BCUT2D eigenvalue weighted by molar-refractivity contribution is 5.76. The minimum atomic E-state index is -0.00416. The first kappa shape index (κ1) is 21.2. The van der Waals surface area contributed by atoms with Crippen molar-refractivity contribution in [3.63, 3.8) is 0 Å². The van der Waals surface area contributed by atoms with Gasteiger partial charge < -0.3 is 15.4 Å². The molecule has 1 aromatic carbocycles. The van der Waals surface area contributed by atoms with Gasteiger partial charge in [0.2, 0.25) is 11.8 Å². The Bertz CT molecular complexity index is 620. The van der Waals surface area contributed by atoms with E-state index >= 15 is 0 Å². The average molecular weight is 376 g/mol. The lowest BCUT2D eigenvalue weighted by molar-refractivity contribution is -0.122. The molecule has 150 valence electrons. The molecule has 2 amide bonds. The molecule has 1 heterocycles. The SMILES string of the molecule is CCOc1ccccc1CCCNC(=O)C[C@@H]1CC[C@H](CNC(C)=O)N1C. The van der Waals surface area contributed by atoms with E-state index in [4.69, 9.17) is 4.74 Å². The number of carbonyl (C=O) groups excluding carboxylic acids is 2. The summed E-state index contributed by atoms with van der Waals surface area (Å²) < 4.78 is 5.64. The molecule has 0 unspecified atom stereocenters. The summed E-state index contributed by atoms with van der Waals surface area (Å²) >= 11 is 0. The Labute approximate surface area is 162 Å². The predicted octanol–water partition coefficient (Wildman–Crippen LogP) is 2.12. The molecule has 6 nitrogen and oxygen atoms in total. The van der Waals surface area contributed by atoms with E-state index in [-0.39, 0.29) is 17.9 Å². The summed E-state index contributed by atoms with van der Waals surface area (Å²) in [7, 11) is 2.04. The monoisotopic (exact) mass is 375 g/mol. The second kappa shape index (κ2) is 10.9. The molecule has 0 saturated carbocycles. The highest BCUT2D eigenvalue weighted by Gasteiger charge is 2.31. The minimum absolute atomic E-state index is 0.00416. The van der Waals surface area contributed by atoms with E-state index < -0.39 is 0 Å². The summed E-state index contributed by atoms with van der Waals surface area (Å²) in [5.74, 6) is 1.03. The summed E-state index contributed by atoms with van der Waals surface area (Å²) in [5, 5.41) is 5.91. The van der Waals surface area contributed by atoms with Crippen LogP contribution in [0.4, 0.5) is 0 Å². The molecule has 6 heteroatoms. The van der Waals surface area contributed by atoms with Gasteiger partial charge in [-0.2, -0.15) is 0 Å². The zero-order chi connectivity index (χ0) is 19.6. The van der Waals surface area contributed by atoms with Gasteiger partial charge in [0, 0.05) is 38.5 Å². The molecule has 1 fully saturated rings. The molecule has 1 saturated heterocycles. The summed E-state index contributed by atoms with van der Waals surface area (Å²) in [6, 6.07) is 8.64. The van der Waals surface area contributed by atoms with Gasteiger partial charge in [0.25, 0.3) is 0 Å². The third-order valence-corrected chi connectivity index (χ3v) is 5.21. The topological polar surface area (TPSA) is 70.7 Å². The maximum Gasteiger partial charge on any atom is 0.221 e. The van der Waals surface area contributed by atoms with Crippen LogP contribution in [0.2, 0.25) is 0 Å². The van der Waals surface area contributed by atoms with Crippen LogP contribution in [0.25, 0.3) is 0 Å². The number of benzene rings is 1. The first-order valence-corrected chi connectivity index (χ1v) is 9.95. The van der Waals surface area contributed by atoms with Gasteiger partial charge in [0.05, 0.1) is 6.61 Å². The van der Waals surface area contributed by atoms with Crippen molar-refractivity contribution < 1.29 is 14.3 Å². The fraction of sp³-hybridized carbons (Fsp3) is 0.619. The zero-order valence-corrected chi connectivity index (χ0v) is 16.8. The van der Waals surface area contributed by atoms with Crippen LogP contribution in [-0.4, -0.2) is 55.5 Å². The molecule has 1 aromatic rings. The highest BCUT2D eigenvalue weighted by atomic mass is 16.5. The van der Waals surface area contributed by atoms with Gasteiger partial charge in [-0.05, 0) is 51.3 Å². The lowest BCUT2D eigenvalue weighted by atomic mass is 10.1. The number of likely N-dealkylation sites (N-methyl/N-ethyl adjacent to an activating group) is 1. The van der Waals surface area contributed by atoms with Gasteiger partial charge in [-0.15, -0.1) is 0 Å². The number of para-hydroxylation sites is 1. The molecule has 1 aliphatic rings. The Morgan fingerprint density at radius 3 is 2.67 bits per heavy atom. The Hall–Kier alpha value is -2.08. The van der Waals surface area contributed by atoms with E-state index in [2.05, 4.69) is 21.6 Å². The molecule has 0 aliphatic carbocycles. The molecule has 0 aromatic heterocycles. The van der Waals surface area contributed by atoms with E-state index in [0.717, 1.165) is 31.4 Å². The maximum atomic E-state index is 12.3. The van der Waals surface area contributed by atoms with Crippen molar-refractivity contribution in [1.82, 2.24) is 15.5 Å². The molecule has 0 spiro atoms. The van der Waals surface area contributed by atoms with Crippen LogP contribution in [-0.2, 0) is 16.0 Å². The van der Waals surface area contributed by atoms with Crippen molar-refractivity contribution in [1.29, 1.82) is 0 Å². The molecule has 2 atom stereocenters. The fourth-order valence-corrected chi connectivity index (χ4v) is 3.64. The van der Waals surface area contributed by atoms with Gasteiger partial charge in [-0.1, -0.05) is 18.2 Å². The van der Waals surface area contributed by atoms with Crippen LogP contribution in [0, 0.1) is 0 Å². The number of amides is 2. The van der Waals surface area contributed by atoms with Crippen molar-refractivity contribution in [2.45, 2.75) is 58.0 Å². The number of likely N-dealkylation sites (tertiary alicyclic amines) is 1. The number of nitrogens with zero attached hydrogens (tertiary/aromatic N) is 1. The second-order valence-corrected chi connectivity index (χ2v) is 7.19.